The Balaban J connectivity index is 1.70. The molecule has 3 aromatic rings. The zero-order chi connectivity index (χ0) is 44.2. The third kappa shape index (κ3) is 13.7. The fourth-order valence-corrected chi connectivity index (χ4v) is 6.32. The highest BCUT2D eigenvalue weighted by molar-refractivity contribution is 6.08. The number of hydrogen-bond acceptors (Lipinski definition) is 13. The van der Waals surface area contributed by atoms with Gasteiger partial charge in [0, 0.05) is 11.8 Å². The maximum atomic E-state index is 13.6. The molecule has 3 atom stereocenters. The van der Waals surface area contributed by atoms with Crippen LogP contribution in [0.15, 0.2) is 47.0 Å². The van der Waals surface area contributed by atoms with Crippen LogP contribution in [0, 0.1) is 19.8 Å². The zero-order valence-electron chi connectivity index (χ0n) is 35.0. The predicted octanol–water partition coefficient (Wildman–Crippen LogP) is 4.82. The van der Waals surface area contributed by atoms with Crippen LogP contribution in [0.4, 0.5) is 0 Å². The number of amides is 4. The van der Waals surface area contributed by atoms with E-state index in [1.54, 1.807) is 40.0 Å². The lowest BCUT2D eigenvalue weighted by Gasteiger charge is -2.32. The Morgan fingerprint density at radius 2 is 1.68 bits per heavy atom. The van der Waals surface area contributed by atoms with Crippen LogP contribution in [-0.2, 0) is 33.4 Å². The SMILES string of the molecule is [B]OC(=O)[C@H](CC(=O)OCCCC)NC(=O)c1ccc(-c2ccc(C(=O)NCNC(=O)[C@H](CCCCC)[C@@H](CC)N(C=O)OC(=O)c3c(C)ccnc3C)o2)cc1OCC. The number of aromatic nitrogens is 1. The molecule has 0 saturated carbocycles. The van der Waals surface area contributed by atoms with E-state index < -0.39 is 60.1 Å². The summed E-state index contributed by atoms with van der Waals surface area (Å²) in [4.78, 5) is 99.7. The molecule has 322 valence electrons. The molecular weight excluding hydrogens is 777 g/mol. The number of nitrogens with one attached hydrogen (secondary N) is 3. The Kier molecular flexibility index (Phi) is 19.8. The minimum absolute atomic E-state index is 0.0291. The predicted molar refractivity (Wildman–Crippen MR) is 218 cm³/mol. The highest BCUT2D eigenvalue weighted by Gasteiger charge is 2.34. The first-order valence-corrected chi connectivity index (χ1v) is 20.0. The van der Waals surface area contributed by atoms with E-state index in [0.717, 1.165) is 24.3 Å². The molecule has 0 aliphatic carbocycles. The van der Waals surface area contributed by atoms with Gasteiger partial charge in [-0.2, -0.15) is 5.06 Å². The number of hydroxylamine groups is 2. The minimum Gasteiger partial charge on any atom is -0.542 e. The van der Waals surface area contributed by atoms with Crippen LogP contribution in [-0.4, -0.2) is 92.1 Å². The van der Waals surface area contributed by atoms with E-state index in [1.807, 2.05) is 13.8 Å². The quantitative estimate of drug-likeness (QED) is 0.0261. The number of benzene rings is 1. The summed E-state index contributed by atoms with van der Waals surface area (Å²) in [5.41, 5.74) is 1.76. The molecule has 2 heterocycles. The van der Waals surface area contributed by atoms with Crippen molar-refractivity contribution in [2.75, 3.05) is 19.9 Å². The van der Waals surface area contributed by atoms with Gasteiger partial charge in [-0.25, -0.2) is 4.79 Å². The van der Waals surface area contributed by atoms with Gasteiger partial charge in [0.1, 0.15) is 17.6 Å². The van der Waals surface area contributed by atoms with Crippen LogP contribution >= 0.6 is 0 Å². The van der Waals surface area contributed by atoms with Crippen LogP contribution in [0.2, 0.25) is 0 Å². The molecule has 4 amide bonds. The summed E-state index contributed by atoms with van der Waals surface area (Å²) in [6.07, 6.45) is 5.94. The molecule has 60 heavy (non-hydrogen) atoms. The third-order valence-corrected chi connectivity index (χ3v) is 9.50. The van der Waals surface area contributed by atoms with Gasteiger partial charge in [-0.15, -0.1) is 0 Å². The summed E-state index contributed by atoms with van der Waals surface area (Å²) in [7, 11) is 5.05. The molecule has 2 aromatic heterocycles. The van der Waals surface area contributed by atoms with Gasteiger partial charge in [-0.05, 0) is 75.9 Å². The van der Waals surface area contributed by atoms with Crippen molar-refractivity contribution in [3.63, 3.8) is 0 Å². The van der Waals surface area contributed by atoms with Gasteiger partial charge >= 0.3 is 26.0 Å². The normalized spacial score (nSPS) is 12.2. The van der Waals surface area contributed by atoms with E-state index in [9.17, 15) is 33.6 Å². The Bertz CT molecular complexity index is 1930. The van der Waals surface area contributed by atoms with E-state index in [0.29, 0.717) is 48.9 Å². The molecule has 18 heteroatoms. The van der Waals surface area contributed by atoms with E-state index in [4.69, 9.17) is 26.8 Å². The third-order valence-electron chi connectivity index (χ3n) is 9.50. The van der Waals surface area contributed by atoms with E-state index >= 15 is 0 Å². The number of furan rings is 1. The van der Waals surface area contributed by atoms with Gasteiger partial charge < -0.3 is 39.3 Å². The number of carbonyl (C=O) groups excluding carboxylic acids is 7. The first-order chi connectivity index (χ1) is 28.8. The summed E-state index contributed by atoms with van der Waals surface area (Å²) in [5.74, 6) is -4.88. The number of pyridine rings is 1. The highest BCUT2D eigenvalue weighted by Crippen LogP contribution is 2.30. The van der Waals surface area contributed by atoms with Crippen LogP contribution in [0.5, 0.6) is 5.75 Å². The number of hydrogen-bond donors (Lipinski definition) is 3. The standard InChI is InChI=1S/C42H54BN5O12/c1-7-11-13-14-29(32(9-3)48(25-49)60-42(55)37-26(5)19-20-44-27(37)6)38(51)45-24-46-40(53)34-18-17-33(58-34)28-15-16-30(35(22-28)56-10-4)39(52)47-31(41(54)59-43)23-36(50)57-21-12-8-2/h15-20,22,25,29,31-32H,7-14,21,23-24H2,1-6H3,(H,45,51)(H,46,53)(H,47,52)/t29-,31+,32-/m1/s1. The van der Waals surface area contributed by atoms with Gasteiger partial charge in [0.05, 0.1) is 55.1 Å². The van der Waals surface area contributed by atoms with E-state index in [2.05, 4.69) is 25.6 Å². The van der Waals surface area contributed by atoms with Crippen molar-refractivity contribution in [2.45, 2.75) is 105 Å². The van der Waals surface area contributed by atoms with Gasteiger partial charge in [0.2, 0.25) is 12.3 Å². The summed E-state index contributed by atoms with van der Waals surface area (Å²) in [6.45, 7) is 10.9. The van der Waals surface area contributed by atoms with Crippen LogP contribution in [0.1, 0.15) is 122 Å². The lowest BCUT2D eigenvalue weighted by atomic mass is 9.90. The van der Waals surface area contributed by atoms with E-state index in [1.165, 1.54) is 30.3 Å². The van der Waals surface area contributed by atoms with Gasteiger partial charge in [-0.3, -0.25) is 33.8 Å². The average Bonchev–Trinajstić information content (AvgIpc) is 3.73. The van der Waals surface area contributed by atoms with Crippen molar-refractivity contribution in [3.8, 4) is 17.1 Å². The lowest BCUT2D eigenvalue weighted by molar-refractivity contribution is -0.171. The van der Waals surface area contributed by atoms with Crippen LogP contribution in [0.3, 0.4) is 0 Å². The molecule has 0 aliphatic heterocycles. The molecule has 0 bridgehead atoms. The Hall–Kier alpha value is -6.20. The number of unbranched alkanes of at least 4 members (excludes halogenated alkanes) is 3. The fraction of sp³-hybridized carbons (Fsp3) is 0.476. The van der Waals surface area contributed by atoms with Crippen molar-refractivity contribution in [1.82, 2.24) is 26.0 Å². The number of nitrogens with zero attached hydrogens (tertiary/aromatic N) is 2. The second-order valence-electron chi connectivity index (χ2n) is 13.8. The minimum atomic E-state index is -1.43. The molecule has 0 unspecified atom stereocenters. The number of ether oxygens (including phenoxy) is 2. The highest BCUT2D eigenvalue weighted by atomic mass is 16.7. The lowest BCUT2D eigenvalue weighted by Crippen LogP contribution is -2.49. The number of rotatable bonds is 25. The summed E-state index contributed by atoms with van der Waals surface area (Å²) >= 11 is 0. The smallest absolute Gasteiger partial charge is 0.378 e. The average molecular weight is 832 g/mol. The molecular formula is C42H54BN5O12. The Labute approximate surface area is 351 Å². The molecule has 0 aliphatic rings. The van der Waals surface area contributed by atoms with Crippen molar-refractivity contribution in [1.29, 1.82) is 0 Å². The first-order valence-electron chi connectivity index (χ1n) is 20.0. The molecule has 3 rings (SSSR count). The molecule has 2 radical (unpaired) electrons. The Morgan fingerprint density at radius 1 is 0.933 bits per heavy atom. The molecule has 0 fully saturated rings. The second kappa shape index (κ2) is 24.7. The molecule has 3 N–H and O–H groups in total. The zero-order valence-corrected chi connectivity index (χ0v) is 35.0. The molecule has 17 nitrogen and oxygen atoms in total. The number of carbonyl (C=O) groups is 7. The van der Waals surface area contributed by atoms with Gasteiger partial charge in [-0.1, -0.05) is 52.5 Å². The second-order valence-corrected chi connectivity index (χ2v) is 13.8. The summed E-state index contributed by atoms with van der Waals surface area (Å²) in [6, 6.07) is 6.87. The molecule has 0 saturated heterocycles. The largest absolute Gasteiger partial charge is 0.542 e. The summed E-state index contributed by atoms with van der Waals surface area (Å²) in [5, 5.41) is 8.63. The van der Waals surface area contributed by atoms with Crippen molar-refractivity contribution in [2.24, 2.45) is 5.92 Å². The summed E-state index contributed by atoms with van der Waals surface area (Å²) < 4.78 is 20.9. The number of aryl methyl sites for hydroxylation is 2. The van der Waals surface area contributed by atoms with Gasteiger partial charge in [0.15, 0.2) is 5.76 Å². The molecule has 1 aromatic carbocycles. The monoisotopic (exact) mass is 831 g/mol. The van der Waals surface area contributed by atoms with E-state index in [-0.39, 0.29) is 48.3 Å². The molecule has 0 spiro atoms. The maximum Gasteiger partial charge on any atom is 0.378 e. The topological polar surface area (TPSA) is 222 Å². The van der Waals surface area contributed by atoms with Crippen molar-refractivity contribution < 1.29 is 56.9 Å². The van der Waals surface area contributed by atoms with Crippen molar-refractivity contribution >= 4 is 50.1 Å². The van der Waals surface area contributed by atoms with Gasteiger partial charge in [0.25, 0.3) is 11.8 Å². The van der Waals surface area contributed by atoms with Crippen LogP contribution < -0.4 is 20.7 Å². The maximum absolute atomic E-state index is 13.6. The Morgan fingerprint density at radius 3 is 2.33 bits per heavy atom. The fourth-order valence-electron chi connectivity index (χ4n) is 6.32. The first kappa shape index (κ1) is 48.2. The van der Waals surface area contributed by atoms with Crippen molar-refractivity contribution in [3.05, 3.63) is 70.7 Å². The van der Waals surface area contributed by atoms with Crippen LogP contribution in [0.25, 0.3) is 11.3 Å². The number of esters is 1.